The van der Waals surface area contributed by atoms with Gasteiger partial charge in [-0.3, -0.25) is 4.79 Å². The van der Waals surface area contributed by atoms with E-state index in [1.54, 1.807) is 10.6 Å². The van der Waals surface area contributed by atoms with E-state index in [0.717, 1.165) is 21.3 Å². The number of hydrogen-bond donors (Lipinski definition) is 1. The molecule has 2 aromatic carbocycles. The highest BCUT2D eigenvalue weighted by molar-refractivity contribution is 9.10. The van der Waals surface area contributed by atoms with Crippen LogP contribution in [-0.2, 0) is 11.3 Å². The van der Waals surface area contributed by atoms with Gasteiger partial charge in [0.15, 0.2) is 5.65 Å². The van der Waals surface area contributed by atoms with Crippen LogP contribution < -0.4 is 5.32 Å². The highest BCUT2D eigenvalue weighted by atomic mass is 79.9. The molecule has 0 unspecified atom stereocenters. The van der Waals surface area contributed by atoms with Crippen molar-refractivity contribution in [2.45, 2.75) is 11.7 Å². The van der Waals surface area contributed by atoms with Crippen molar-refractivity contribution in [3.8, 4) is 11.3 Å². The fraction of sp³-hybridized carbons (Fsp3) is 0.100. The highest BCUT2D eigenvalue weighted by Gasteiger charge is 2.12. The number of benzene rings is 2. The second kappa shape index (κ2) is 8.94. The van der Waals surface area contributed by atoms with E-state index < -0.39 is 0 Å². The van der Waals surface area contributed by atoms with Crippen LogP contribution in [0.1, 0.15) is 5.56 Å². The molecule has 0 radical (unpaired) electrons. The molecule has 4 aromatic rings. The van der Waals surface area contributed by atoms with Gasteiger partial charge in [-0.05, 0) is 35.9 Å². The van der Waals surface area contributed by atoms with Gasteiger partial charge in [-0.25, -0.2) is 0 Å². The maximum absolute atomic E-state index is 12.2. The van der Waals surface area contributed by atoms with E-state index in [1.165, 1.54) is 11.8 Å². The molecule has 0 aliphatic heterocycles. The summed E-state index contributed by atoms with van der Waals surface area (Å²) in [5, 5.41) is 17.0. The molecule has 0 spiro atoms. The Morgan fingerprint density at radius 2 is 1.86 bits per heavy atom. The lowest BCUT2D eigenvalue weighted by molar-refractivity contribution is -0.118. The van der Waals surface area contributed by atoms with E-state index in [1.807, 2.05) is 54.6 Å². The first-order valence-corrected chi connectivity index (χ1v) is 10.9. The van der Waals surface area contributed by atoms with Gasteiger partial charge in [0.1, 0.15) is 0 Å². The molecule has 0 aliphatic carbocycles. The SMILES string of the molecule is O=C(CSc1nnc2ccc(-c3ccc(Br)cc3)nn12)NCc1ccccc1Cl. The summed E-state index contributed by atoms with van der Waals surface area (Å²) >= 11 is 10.8. The standard InChI is InChI=1S/C20H15BrClN5OS/c21-15-7-5-13(6-8-15)17-9-10-18-24-25-20(27(18)26-17)29-12-19(28)23-11-14-3-1-2-4-16(14)22/h1-10H,11-12H2,(H,23,28). The largest absolute Gasteiger partial charge is 0.351 e. The van der Waals surface area contributed by atoms with Crippen LogP contribution in [0.4, 0.5) is 0 Å². The van der Waals surface area contributed by atoms with Crippen molar-refractivity contribution in [3.05, 3.63) is 75.7 Å². The molecular formula is C20H15BrClN5OS. The molecule has 0 fully saturated rings. The summed E-state index contributed by atoms with van der Waals surface area (Å²) in [7, 11) is 0. The van der Waals surface area contributed by atoms with Crippen LogP contribution in [0.3, 0.4) is 0 Å². The lowest BCUT2D eigenvalue weighted by Gasteiger charge is -2.06. The van der Waals surface area contributed by atoms with Gasteiger partial charge in [0.25, 0.3) is 0 Å². The third kappa shape index (κ3) is 4.77. The van der Waals surface area contributed by atoms with E-state index in [2.05, 4.69) is 36.5 Å². The molecule has 2 heterocycles. The predicted octanol–water partition coefficient (Wildman–Crippen LogP) is 4.62. The molecule has 6 nitrogen and oxygen atoms in total. The number of carbonyl (C=O) groups is 1. The summed E-state index contributed by atoms with van der Waals surface area (Å²) in [6.07, 6.45) is 0. The monoisotopic (exact) mass is 487 g/mol. The van der Waals surface area contributed by atoms with Crippen LogP contribution in [0.15, 0.2) is 70.3 Å². The van der Waals surface area contributed by atoms with Gasteiger partial charge in [-0.15, -0.1) is 10.2 Å². The van der Waals surface area contributed by atoms with Crippen molar-refractivity contribution in [2.75, 3.05) is 5.75 Å². The number of fused-ring (bicyclic) bond motifs is 1. The molecule has 0 aliphatic rings. The predicted molar refractivity (Wildman–Crippen MR) is 118 cm³/mol. The Hall–Kier alpha value is -2.42. The number of carbonyl (C=O) groups excluding carboxylic acids is 1. The van der Waals surface area contributed by atoms with Crippen LogP contribution in [0.2, 0.25) is 5.02 Å². The molecule has 9 heteroatoms. The average molecular weight is 489 g/mol. The van der Waals surface area contributed by atoms with Gasteiger partial charge in [0.2, 0.25) is 11.1 Å². The number of nitrogens with one attached hydrogen (secondary N) is 1. The zero-order chi connectivity index (χ0) is 20.2. The zero-order valence-electron chi connectivity index (χ0n) is 15.0. The Bertz CT molecular complexity index is 1170. The fourth-order valence-electron chi connectivity index (χ4n) is 2.65. The number of aromatic nitrogens is 4. The summed E-state index contributed by atoms with van der Waals surface area (Å²) < 4.78 is 2.66. The first-order valence-electron chi connectivity index (χ1n) is 8.71. The lowest BCUT2D eigenvalue weighted by atomic mass is 10.1. The normalized spacial score (nSPS) is 11.0. The number of amides is 1. The Labute approximate surface area is 184 Å². The molecule has 146 valence electrons. The molecule has 29 heavy (non-hydrogen) atoms. The average Bonchev–Trinajstić information content (AvgIpc) is 3.14. The fourth-order valence-corrected chi connectivity index (χ4v) is 3.83. The second-order valence-electron chi connectivity index (χ2n) is 6.13. The van der Waals surface area contributed by atoms with Crippen molar-refractivity contribution in [1.82, 2.24) is 25.1 Å². The van der Waals surface area contributed by atoms with Crippen molar-refractivity contribution >= 4 is 50.8 Å². The van der Waals surface area contributed by atoms with Gasteiger partial charge in [0, 0.05) is 21.6 Å². The molecular weight excluding hydrogens is 474 g/mol. The lowest BCUT2D eigenvalue weighted by Crippen LogP contribution is -2.24. The molecule has 2 aromatic heterocycles. The maximum Gasteiger partial charge on any atom is 0.230 e. The van der Waals surface area contributed by atoms with E-state index in [9.17, 15) is 4.79 Å². The smallest absolute Gasteiger partial charge is 0.230 e. The summed E-state index contributed by atoms with van der Waals surface area (Å²) in [4.78, 5) is 12.2. The van der Waals surface area contributed by atoms with E-state index in [-0.39, 0.29) is 11.7 Å². The first kappa shape index (κ1) is 19.9. The summed E-state index contributed by atoms with van der Waals surface area (Å²) in [5.74, 6) is 0.0887. The van der Waals surface area contributed by atoms with Crippen molar-refractivity contribution in [3.63, 3.8) is 0 Å². The Morgan fingerprint density at radius 1 is 1.07 bits per heavy atom. The maximum atomic E-state index is 12.2. The number of rotatable bonds is 6. The van der Waals surface area contributed by atoms with E-state index in [4.69, 9.17) is 11.6 Å². The molecule has 0 bridgehead atoms. The van der Waals surface area contributed by atoms with Gasteiger partial charge < -0.3 is 5.32 Å². The van der Waals surface area contributed by atoms with Crippen LogP contribution >= 0.6 is 39.3 Å². The molecule has 0 atom stereocenters. The number of halogens is 2. The third-order valence-corrected chi connectivity index (χ3v) is 5.96. The van der Waals surface area contributed by atoms with Gasteiger partial charge >= 0.3 is 0 Å². The van der Waals surface area contributed by atoms with Crippen LogP contribution in [0.5, 0.6) is 0 Å². The number of thioether (sulfide) groups is 1. The topological polar surface area (TPSA) is 72.2 Å². The first-order chi connectivity index (χ1) is 14.1. The molecule has 0 saturated heterocycles. The summed E-state index contributed by atoms with van der Waals surface area (Å²) in [6, 6.07) is 19.1. The summed E-state index contributed by atoms with van der Waals surface area (Å²) in [6.45, 7) is 0.381. The second-order valence-corrected chi connectivity index (χ2v) is 8.40. The highest BCUT2D eigenvalue weighted by Crippen LogP contribution is 2.22. The molecule has 1 N–H and O–H groups in total. The van der Waals surface area contributed by atoms with Gasteiger partial charge in [-0.2, -0.15) is 9.61 Å². The van der Waals surface area contributed by atoms with Crippen LogP contribution in [0, 0.1) is 0 Å². The van der Waals surface area contributed by atoms with Gasteiger partial charge in [0.05, 0.1) is 11.4 Å². The van der Waals surface area contributed by atoms with Crippen LogP contribution in [-0.4, -0.2) is 31.5 Å². The molecule has 1 amide bonds. The van der Waals surface area contributed by atoms with Crippen molar-refractivity contribution in [2.24, 2.45) is 0 Å². The number of hydrogen-bond acceptors (Lipinski definition) is 5. The third-order valence-electron chi connectivity index (χ3n) is 4.14. The number of nitrogens with zero attached hydrogens (tertiary/aromatic N) is 4. The van der Waals surface area contributed by atoms with Crippen LogP contribution in [0.25, 0.3) is 16.9 Å². The van der Waals surface area contributed by atoms with Crippen molar-refractivity contribution in [1.29, 1.82) is 0 Å². The zero-order valence-corrected chi connectivity index (χ0v) is 18.2. The minimum atomic E-state index is -0.115. The Kier molecular flexibility index (Phi) is 6.13. The minimum absolute atomic E-state index is 0.115. The Morgan fingerprint density at radius 3 is 2.66 bits per heavy atom. The Balaban J connectivity index is 1.44. The molecule has 4 rings (SSSR count). The van der Waals surface area contributed by atoms with Crippen molar-refractivity contribution < 1.29 is 4.79 Å². The van der Waals surface area contributed by atoms with E-state index >= 15 is 0 Å². The quantitative estimate of drug-likeness (QED) is 0.401. The minimum Gasteiger partial charge on any atom is -0.351 e. The molecule has 0 saturated carbocycles. The summed E-state index contributed by atoms with van der Waals surface area (Å²) in [5.41, 5.74) is 3.29. The van der Waals surface area contributed by atoms with E-state index in [0.29, 0.717) is 22.4 Å². The van der Waals surface area contributed by atoms with Gasteiger partial charge in [-0.1, -0.05) is 69.6 Å².